The lowest BCUT2D eigenvalue weighted by Crippen LogP contribution is -2.37. The van der Waals surface area contributed by atoms with E-state index in [1.807, 2.05) is 19.1 Å². The summed E-state index contributed by atoms with van der Waals surface area (Å²) in [4.78, 5) is 31.2. The number of carbonyl (C=O) groups excluding carboxylic acids is 2. The van der Waals surface area contributed by atoms with Crippen LogP contribution < -0.4 is 10.6 Å². The standard InChI is InChI=1S/C27H24FN3O3/c1-15-9-10-23(29-14-15)31-27(33)24-16(2)30-20-12-17(22-8-5-11-34-22)13-21(32)26(20)25(24)18-6-3-4-7-19(18)28/h3-11,14,17,25,30H,12-13H2,1-2H3,(H,29,31,33)/t17-,25+/m1/s1. The van der Waals surface area contributed by atoms with Crippen molar-refractivity contribution in [3.63, 3.8) is 0 Å². The number of hydrogen-bond donors (Lipinski definition) is 2. The Balaban J connectivity index is 1.57. The molecule has 172 valence electrons. The molecule has 34 heavy (non-hydrogen) atoms. The smallest absolute Gasteiger partial charge is 0.255 e. The molecule has 0 unspecified atom stereocenters. The van der Waals surface area contributed by atoms with Gasteiger partial charge in [-0.1, -0.05) is 24.3 Å². The van der Waals surface area contributed by atoms with Crippen LogP contribution in [0.3, 0.4) is 0 Å². The predicted molar refractivity (Wildman–Crippen MR) is 125 cm³/mol. The average molecular weight is 458 g/mol. The number of ketones is 1. The van der Waals surface area contributed by atoms with Gasteiger partial charge in [-0.05, 0) is 50.1 Å². The van der Waals surface area contributed by atoms with Crippen molar-refractivity contribution in [2.24, 2.45) is 0 Å². The van der Waals surface area contributed by atoms with Gasteiger partial charge in [-0.15, -0.1) is 0 Å². The first-order valence-corrected chi connectivity index (χ1v) is 11.2. The van der Waals surface area contributed by atoms with Crippen LogP contribution in [0.25, 0.3) is 0 Å². The van der Waals surface area contributed by atoms with Crippen LogP contribution in [0.15, 0.2) is 87.9 Å². The van der Waals surface area contributed by atoms with Crippen molar-refractivity contribution in [1.82, 2.24) is 10.3 Å². The van der Waals surface area contributed by atoms with E-state index in [0.717, 1.165) is 11.3 Å². The quantitative estimate of drug-likeness (QED) is 0.568. The van der Waals surface area contributed by atoms with Gasteiger partial charge in [0.05, 0.1) is 6.26 Å². The van der Waals surface area contributed by atoms with Crippen LogP contribution >= 0.6 is 0 Å². The van der Waals surface area contributed by atoms with Crippen LogP contribution in [0.1, 0.15) is 48.5 Å². The van der Waals surface area contributed by atoms with E-state index in [9.17, 15) is 9.59 Å². The number of carbonyl (C=O) groups is 2. The molecule has 6 nitrogen and oxygen atoms in total. The van der Waals surface area contributed by atoms with Gasteiger partial charge in [0.25, 0.3) is 5.91 Å². The summed E-state index contributed by atoms with van der Waals surface area (Å²) in [6, 6.07) is 13.5. The Morgan fingerprint density at radius 3 is 2.65 bits per heavy atom. The number of nitrogens with one attached hydrogen (secondary N) is 2. The largest absolute Gasteiger partial charge is 0.469 e. The molecule has 0 bridgehead atoms. The Labute approximate surface area is 196 Å². The Hall–Kier alpha value is -4.00. The van der Waals surface area contributed by atoms with Crippen LogP contribution in [0, 0.1) is 12.7 Å². The maximum atomic E-state index is 15.1. The van der Waals surface area contributed by atoms with Crippen molar-refractivity contribution in [1.29, 1.82) is 0 Å². The van der Waals surface area contributed by atoms with E-state index in [2.05, 4.69) is 15.6 Å². The Morgan fingerprint density at radius 2 is 1.94 bits per heavy atom. The second kappa shape index (κ2) is 8.74. The van der Waals surface area contributed by atoms with Gasteiger partial charge in [0.1, 0.15) is 17.4 Å². The van der Waals surface area contributed by atoms with Gasteiger partial charge in [-0.25, -0.2) is 9.37 Å². The summed E-state index contributed by atoms with van der Waals surface area (Å²) in [7, 11) is 0. The SMILES string of the molecule is CC1=C(C(=O)Nc2ccc(C)cn2)[C@H](c2ccccc2F)C2=C(C[C@@H](c3ccco3)CC2=O)N1. The molecule has 7 heteroatoms. The third kappa shape index (κ3) is 3.94. The fraction of sp³-hybridized carbons (Fsp3) is 0.222. The topological polar surface area (TPSA) is 84.2 Å². The predicted octanol–water partition coefficient (Wildman–Crippen LogP) is 5.12. The maximum absolute atomic E-state index is 15.1. The molecule has 1 amide bonds. The van der Waals surface area contributed by atoms with Crippen molar-refractivity contribution >= 4 is 17.5 Å². The van der Waals surface area contributed by atoms with Gasteiger partial charge in [-0.3, -0.25) is 9.59 Å². The Bertz CT molecular complexity index is 1320. The summed E-state index contributed by atoms with van der Waals surface area (Å²) < 4.78 is 20.6. The van der Waals surface area contributed by atoms with E-state index >= 15 is 4.39 Å². The molecule has 2 aliphatic rings. The van der Waals surface area contributed by atoms with Gasteiger partial charge in [0.2, 0.25) is 0 Å². The number of Topliss-reactive ketones (excluding diaryl/α,β-unsaturated/α-hetero) is 1. The summed E-state index contributed by atoms with van der Waals surface area (Å²) in [5.74, 6) is -0.843. The molecule has 5 rings (SSSR count). The molecule has 1 aromatic carbocycles. The molecule has 1 aliphatic carbocycles. The molecule has 0 fully saturated rings. The number of furan rings is 1. The molecule has 0 spiro atoms. The number of anilines is 1. The normalized spacial score (nSPS) is 20.1. The minimum Gasteiger partial charge on any atom is -0.469 e. The number of aromatic nitrogens is 1. The van der Waals surface area contributed by atoms with Crippen LogP contribution in [0.2, 0.25) is 0 Å². The van der Waals surface area contributed by atoms with Crippen LogP contribution in [-0.4, -0.2) is 16.7 Å². The van der Waals surface area contributed by atoms with Crippen molar-refractivity contribution in [3.8, 4) is 0 Å². The van der Waals surface area contributed by atoms with Crippen molar-refractivity contribution < 1.29 is 18.4 Å². The number of nitrogens with zero attached hydrogens (tertiary/aromatic N) is 1. The van der Waals surface area contributed by atoms with Gasteiger partial charge in [0, 0.05) is 52.6 Å². The third-order valence-electron chi connectivity index (χ3n) is 6.39. The van der Waals surface area contributed by atoms with Crippen LogP contribution in [0.5, 0.6) is 0 Å². The van der Waals surface area contributed by atoms with E-state index in [0.29, 0.717) is 40.3 Å². The molecular weight excluding hydrogens is 433 g/mol. The fourth-order valence-electron chi connectivity index (χ4n) is 4.81. The van der Waals surface area contributed by atoms with Crippen molar-refractivity contribution in [2.75, 3.05) is 5.32 Å². The number of aryl methyl sites for hydroxylation is 1. The first kappa shape index (κ1) is 21.8. The maximum Gasteiger partial charge on any atom is 0.255 e. The number of rotatable bonds is 4. The third-order valence-corrected chi connectivity index (χ3v) is 6.39. The van der Waals surface area contributed by atoms with E-state index in [1.54, 1.807) is 49.7 Å². The lowest BCUT2D eigenvalue weighted by atomic mass is 9.72. The van der Waals surface area contributed by atoms with E-state index in [1.165, 1.54) is 6.07 Å². The van der Waals surface area contributed by atoms with Crippen LogP contribution in [-0.2, 0) is 9.59 Å². The highest BCUT2D eigenvalue weighted by Crippen LogP contribution is 2.46. The zero-order chi connectivity index (χ0) is 23.8. The molecule has 1 aliphatic heterocycles. The minimum absolute atomic E-state index is 0.116. The molecule has 2 atom stereocenters. The molecular formula is C27H24FN3O3. The van der Waals surface area contributed by atoms with E-state index in [4.69, 9.17) is 4.42 Å². The molecule has 2 N–H and O–H groups in total. The second-order valence-electron chi connectivity index (χ2n) is 8.73. The minimum atomic E-state index is -0.826. The van der Waals surface area contributed by atoms with E-state index < -0.39 is 17.6 Å². The summed E-state index contributed by atoms with van der Waals surface area (Å²) in [6.07, 6.45) is 4.01. The van der Waals surface area contributed by atoms with Gasteiger partial charge in [-0.2, -0.15) is 0 Å². The molecule has 3 heterocycles. The molecule has 0 radical (unpaired) electrons. The summed E-state index contributed by atoms with van der Waals surface area (Å²) in [6.45, 7) is 3.68. The number of benzene rings is 1. The molecule has 0 saturated heterocycles. The van der Waals surface area contributed by atoms with Gasteiger partial charge in [0.15, 0.2) is 5.78 Å². The number of amides is 1. The summed E-state index contributed by atoms with van der Waals surface area (Å²) in [5, 5.41) is 6.09. The van der Waals surface area contributed by atoms with Gasteiger partial charge < -0.3 is 15.1 Å². The van der Waals surface area contributed by atoms with E-state index in [-0.39, 0.29) is 18.1 Å². The zero-order valence-electron chi connectivity index (χ0n) is 18.9. The molecule has 2 aromatic heterocycles. The number of allylic oxidation sites excluding steroid dienone is 3. The highest BCUT2D eigenvalue weighted by Gasteiger charge is 2.42. The van der Waals surface area contributed by atoms with Crippen molar-refractivity contribution in [3.05, 3.63) is 106 Å². The number of halogens is 1. The summed E-state index contributed by atoms with van der Waals surface area (Å²) in [5.41, 5.74) is 3.27. The lowest BCUT2D eigenvalue weighted by molar-refractivity contribution is -0.116. The second-order valence-corrected chi connectivity index (χ2v) is 8.73. The highest BCUT2D eigenvalue weighted by atomic mass is 19.1. The molecule has 3 aromatic rings. The Morgan fingerprint density at radius 1 is 1.12 bits per heavy atom. The molecule has 0 saturated carbocycles. The average Bonchev–Trinajstić information content (AvgIpc) is 3.35. The van der Waals surface area contributed by atoms with Crippen molar-refractivity contribution in [2.45, 2.75) is 38.5 Å². The monoisotopic (exact) mass is 457 g/mol. The Kier molecular flexibility index (Phi) is 5.61. The summed E-state index contributed by atoms with van der Waals surface area (Å²) >= 11 is 0. The lowest BCUT2D eigenvalue weighted by Gasteiger charge is -2.36. The first-order chi connectivity index (χ1) is 16.4. The van der Waals surface area contributed by atoms with Crippen LogP contribution in [0.4, 0.5) is 10.2 Å². The fourth-order valence-corrected chi connectivity index (χ4v) is 4.81. The van der Waals surface area contributed by atoms with Gasteiger partial charge >= 0.3 is 0 Å². The number of dihydropyridines is 1. The number of hydrogen-bond acceptors (Lipinski definition) is 5. The number of pyridine rings is 1. The zero-order valence-corrected chi connectivity index (χ0v) is 18.9. The highest BCUT2D eigenvalue weighted by molar-refractivity contribution is 6.09. The first-order valence-electron chi connectivity index (χ1n) is 11.2.